The van der Waals surface area contributed by atoms with Gasteiger partial charge in [-0.15, -0.1) is 0 Å². The summed E-state index contributed by atoms with van der Waals surface area (Å²) in [5.74, 6) is 0.828. The third kappa shape index (κ3) is 2.34. The Morgan fingerprint density at radius 3 is 2.94 bits per heavy atom. The summed E-state index contributed by atoms with van der Waals surface area (Å²) in [4.78, 5) is 2.13. The van der Waals surface area contributed by atoms with Crippen LogP contribution in [0.5, 0.6) is 5.75 Å². The van der Waals surface area contributed by atoms with Crippen molar-refractivity contribution in [2.45, 2.75) is 18.4 Å². The number of methoxy groups -OCH3 is 1. The fourth-order valence-corrected chi connectivity index (χ4v) is 2.27. The minimum atomic E-state index is -0.737. The first-order chi connectivity index (χ1) is 8.18. The molecule has 0 aliphatic carbocycles. The Morgan fingerprint density at radius 2 is 2.24 bits per heavy atom. The number of nitriles is 1. The van der Waals surface area contributed by atoms with Gasteiger partial charge >= 0.3 is 0 Å². The topological polar surface area (TPSA) is 62.3 Å². The fourth-order valence-electron chi connectivity index (χ4n) is 2.27. The summed E-state index contributed by atoms with van der Waals surface area (Å²) < 4.78 is 5.33. The van der Waals surface area contributed by atoms with Crippen LogP contribution in [-0.4, -0.2) is 25.7 Å². The van der Waals surface area contributed by atoms with Crippen LogP contribution in [-0.2, 0) is 0 Å². The van der Waals surface area contributed by atoms with Crippen molar-refractivity contribution in [3.63, 3.8) is 0 Å². The van der Waals surface area contributed by atoms with Crippen LogP contribution in [0, 0.1) is 11.3 Å². The Morgan fingerprint density at radius 1 is 1.47 bits per heavy atom. The molecular weight excluding hydrogens is 214 g/mol. The monoisotopic (exact) mass is 231 g/mol. The van der Waals surface area contributed by atoms with Gasteiger partial charge in [0.15, 0.2) is 0 Å². The quantitative estimate of drug-likeness (QED) is 0.838. The molecule has 0 radical (unpaired) electrons. The number of benzene rings is 1. The second-order valence-corrected chi connectivity index (χ2v) is 4.46. The average Bonchev–Trinajstić information content (AvgIpc) is 2.39. The molecule has 0 saturated carbocycles. The van der Waals surface area contributed by atoms with Crippen LogP contribution in [0.15, 0.2) is 24.3 Å². The molecule has 1 aromatic rings. The van der Waals surface area contributed by atoms with Gasteiger partial charge in [0.05, 0.1) is 18.9 Å². The first-order valence-electron chi connectivity index (χ1n) is 5.77. The molecule has 1 aliphatic rings. The molecule has 2 N–H and O–H groups in total. The van der Waals surface area contributed by atoms with Crippen LogP contribution >= 0.6 is 0 Å². The minimum Gasteiger partial charge on any atom is -0.495 e. The summed E-state index contributed by atoms with van der Waals surface area (Å²) in [6.45, 7) is 1.48. The zero-order valence-corrected chi connectivity index (χ0v) is 10.0. The van der Waals surface area contributed by atoms with Crippen LogP contribution in [0.3, 0.4) is 0 Å². The van der Waals surface area contributed by atoms with E-state index in [2.05, 4.69) is 11.0 Å². The molecule has 1 fully saturated rings. The molecule has 1 unspecified atom stereocenters. The largest absolute Gasteiger partial charge is 0.495 e. The molecule has 1 aromatic carbocycles. The second kappa shape index (κ2) is 4.64. The molecule has 0 aromatic heterocycles. The number of anilines is 1. The predicted molar refractivity (Wildman–Crippen MR) is 67.0 cm³/mol. The standard InChI is InChI=1S/C13H17N3O/c1-17-12-6-3-2-5-11(12)16-8-4-7-13(15,9-14)10-16/h2-3,5-6H,4,7-8,10,15H2,1H3. The highest BCUT2D eigenvalue weighted by Crippen LogP contribution is 2.31. The van der Waals surface area contributed by atoms with E-state index in [0.29, 0.717) is 6.54 Å². The summed E-state index contributed by atoms with van der Waals surface area (Å²) in [6, 6.07) is 10.0. The van der Waals surface area contributed by atoms with E-state index in [1.165, 1.54) is 0 Å². The van der Waals surface area contributed by atoms with Crippen molar-refractivity contribution in [3.8, 4) is 11.8 Å². The summed E-state index contributed by atoms with van der Waals surface area (Å²) in [5, 5.41) is 9.11. The number of nitrogens with zero attached hydrogens (tertiary/aromatic N) is 2. The predicted octanol–water partition coefficient (Wildman–Crippen LogP) is 1.52. The molecular formula is C13H17N3O. The molecule has 4 nitrogen and oxygen atoms in total. The van der Waals surface area contributed by atoms with Crippen molar-refractivity contribution in [2.24, 2.45) is 5.73 Å². The van der Waals surface area contributed by atoms with Gasteiger partial charge in [-0.25, -0.2) is 0 Å². The first-order valence-corrected chi connectivity index (χ1v) is 5.77. The second-order valence-electron chi connectivity index (χ2n) is 4.46. The average molecular weight is 231 g/mol. The van der Waals surface area contributed by atoms with Gasteiger partial charge in [0.2, 0.25) is 0 Å². The van der Waals surface area contributed by atoms with Crippen LogP contribution < -0.4 is 15.4 Å². The number of ether oxygens (including phenoxy) is 1. The van der Waals surface area contributed by atoms with Gasteiger partial charge in [0.25, 0.3) is 0 Å². The lowest BCUT2D eigenvalue weighted by molar-refractivity contribution is 0.399. The molecule has 4 heteroatoms. The Kier molecular flexibility index (Phi) is 3.21. The number of piperidine rings is 1. The maximum atomic E-state index is 9.11. The van der Waals surface area contributed by atoms with Crippen molar-refractivity contribution in [1.29, 1.82) is 5.26 Å². The zero-order chi connectivity index (χ0) is 12.3. The van der Waals surface area contributed by atoms with Gasteiger partial charge in [-0.1, -0.05) is 12.1 Å². The van der Waals surface area contributed by atoms with Gasteiger partial charge in [0, 0.05) is 13.1 Å². The Labute approximate surface area is 102 Å². The number of nitrogens with two attached hydrogens (primary N) is 1. The zero-order valence-electron chi connectivity index (χ0n) is 10.0. The number of rotatable bonds is 2. The number of para-hydroxylation sites is 2. The van der Waals surface area contributed by atoms with E-state index < -0.39 is 5.54 Å². The lowest BCUT2D eigenvalue weighted by atomic mass is 9.91. The van der Waals surface area contributed by atoms with Gasteiger partial charge in [-0.3, -0.25) is 0 Å². The van der Waals surface area contributed by atoms with Crippen molar-refractivity contribution in [1.82, 2.24) is 0 Å². The minimum absolute atomic E-state index is 0.559. The van der Waals surface area contributed by atoms with Crippen LogP contribution in [0.1, 0.15) is 12.8 Å². The highest BCUT2D eigenvalue weighted by molar-refractivity contribution is 5.59. The third-order valence-corrected chi connectivity index (χ3v) is 3.17. The molecule has 1 saturated heterocycles. The molecule has 0 amide bonds. The Balaban J connectivity index is 2.25. The molecule has 0 bridgehead atoms. The van der Waals surface area contributed by atoms with Crippen molar-refractivity contribution in [3.05, 3.63) is 24.3 Å². The van der Waals surface area contributed by atoms with Gasteiger partial charge < -0.3 is 15.4 Å². The van der Waals surface area contributed by atoms with E-state index in [-0.39, 0.29) is 0 Å². The lowest BCUT2D eigenvalue weighted by Crippen LogP contribution is -2.53. The maximum Gasteiger partial charge on any atom is 0.142 e. The lowest BCUT2D eigenvalue weighted by Gasteiger charge is -2.37. The number of hydrogen-bond donors (Lipinski definition) is 1. The van der Waals surface area contributed by atoms with Crippen molar-refractivity contribution in [2.75, 3.05) is 25.1 Å². The van der Waals surface area contributed by atoms with Crippen molar-refractivity contribution < 1.29 is 4.74 Å². The fraction of sp³-hybridized carbons (Fsp3) is 0.462. The molecule has 1 heterocycles. The van der Waals surface area contributed by atoms with Gasteiger partial charge in [-0.05, 0) is 25.0 Å². The summed E-state index contributed by atoms with van der Waals surface area (Å²) in [6.07, 6.45) is 1.69. The first kappa shape index (κ1) is 11.7. The SMILES string of the molecule is COc1ccccc1N1CCCC(N)(C#N)C1. The van der Waals surface area contributed by atoms with Crippen molar-refractivity contribution >= 4 is 5.69 Å². The van der Waals surface area contributed by atoms with Crippen LogP contribution in [0.25, 0.3) is 0 Å². The van der Waals surface area contributed by atoms with E-state index in [9.17, 15) is 0 Å². The molecule has 2 rings (SSSR count). The van der Waals surface area contributed by atoms with Gasteiger partial charge in [0.1, 0.15) is 11.3 Å². The summed E-state index contributed by atoms with van der Waals surface area (Å²) in [5.41, 5.74) is 6.31. The van der Waals surface area contributed by atoms with Crippen LogP contribution in [0.4, 0.5) is 5.69 Å². The van der Waals surface area contributed by atoms with Crippen LogP contribution in [0.2, 0.25) is 0 Å². The third-order valence-electron chi connectivity index (χ3n) is 3.17. The molecule has 0 spiro atoms. The van der Waals surface area contributed by atoms with E-state index in [4.69, 9.17) is 15.7 Å². The Bertz CT molecular complexity index is 441. The van der Waals surface area contributed by atoms with E-state index in [1.54, 1.807) is 7.11 Å². The van der Waals surface area contributed by atoms with E-state index in [0.717, 1.165) is 30.8 Å². The molecule has 1 aliphatic heterocycles. The summed E-state index contributed by atoms with van der Waals surface area (Å²) >= 11 is 0. The summed E-state index contributed by atoms with van der Waals surface area (Å²) in [7, 11) is 1.66. The van der Waals surface area contributed by atoms with E-state index in [1.807, 2.05) is 24.3 Å². The van der Waals surface area contributed by atoms with E-state index >= 15 is 0 Å². The highest BCUT2D eigenvalue weighted by Gasteiger charge is 2.32. The molecule has 17 heavy (non-hydrogen) atoms. The van der Waals surface area contributed by atoms with Gasteiger partial charge in [-0.2, -0.15) is 5.26 Å². The number of hydrogen-bond acceptors (Lipinski definition) is 4. The smallest absolute Gasteiger partial charge is 0.142 e. The molecule has 90 valence electrons. The molecule has 1 atom stereocenters. The highest BCUT2D eigenvalue weighted by atomic mass is 16.5. The Hall–Kier alpha value is -1.73. The normalized spacial score (nSPS) is 24.2. The maximum absolute atomic E-state index is 9.11.